The topological polar surface area (TPSA) is 73.9 Å². The van der Waals surface area contributed by atoms with E-state index >= 15 is 0 Å². The van der Waals surface area contributed by atoms with Crippen molar-refractivity contribution in [2.24, 2.45) is 0 Å². The van der Waals surface area contributed by atoms with E-state index < -0.39 is 5.97 Å². The largest absolute Gasteiger partial charge is 0.496 e. The molecule has 0 bridgehead atoms. The lowest BCUT2D eigenvalue weighted by Crippen LogP contribution is -2.23. The lowest BCUT2D eigenvalue weighted by molar-refractivity contribution is 0.0597. The molecule has 0 unspecified atom stereocenters. The molecule has 6 nitrogen and oxygen atoms in total. The summed E-state index contributed by atoms with van der Waals surface area (Å²) in [7, 11) is 4.40. The fourth-order valence-electron chi connectivity index (χ4n) is 3.06. The molecule has 28 heavy (non-hydrogen) atoms. The van der Waals surface area contributed by atoms with Gasteiger partial charge in [-0.25, -0.2) is 4.79 Å². The molecule has 0 fully saturated rings. The highest BCUT2D eigenvalue weighted by molar-refractivity contribution is 6.08. The first-order valence-electron chi connectivity index (χ1n) is 8.68. The Bertz CT molecular complexity index is 1030. The minimum absolute atomic E-state index is 0.214. The molecule has 1 amide bonds. The van der Waals surface area contributed by atoms with Crippen LogP contribution in [0.1, 0.15) is 26.3 Å². The zero-order chi connectivity index (χ0) is 20.1. The maximum atomic E-state index is 12.8. The number of rotatable bonds is 6. The molecule has 0 saturated heterocycles. The number of carbonyl (C=O) groups excluding carboxylic acids is 2. The lowest BCUT2D eigenvalue weighted by atomic mass is 10.0. The van der Waals surface area contributed by atoms with Crippen LogP contribution in [0.3, 0.4) is 0 Å². The van der Waals surface area contributed by atoms with Gasteiger partial charge in [-0.15, -0.1) is 0 Å². The van der Waals surface area contributed by atoms with Gasteiger partial charge >= 0.3 is 5.97 Å². The Hall–Kier alpha value is -3.54. The van der Waals surface area contributed by atoms with Crippen molar-refractivity contribution in [1.29, 1.82) is 0 Å². The van der Waals surface area contributed by atoms with Crippen LogP contribution in [0.25, 0.3) is 10.8 Å². The van der Waals surface area contributed by atoms with Gasteiger partial charge in [0.1, 0.15) is 17.1 Å². The molecule has 144 valence electrons. The Morgan fingerprint density at radius 2 is 1.50 bits per heavy atom. The third-order valence-electron chi connectivity index (χ3n) is 4.47. The number of esters is 1. The van der Waals surface area contributed by atoms with Crippen LogP contribution in [-0.4, -0.2) is 33.2 Å². The number of ether oxygens (including phenoxy) is 3. The molecular weight excluding hydrogens is 358 g/mol. The van der Waals surface area contributed by atoms with E-state index in [2.05, 4.69) is 5.32 Å². The molecular formula is C22H21NO5. The Morgan fingerprint density at radius 3 is 2.18 bits per heavy atom. The number of nitrogens with one attached hydrogen (secondary N) is 1. The molecule has 3 aromatic rings. The van der Waals surface area contributed by atoms with Gasteiger partial charge < -0.3 is 19.5 Å². The van der Waals surface area contributed by atoms with E-state index in [-0.39, 0.29) is 12.5 Å². The Morgan fingerprint density at radius 1 is 0.821 bits per heavy atom. The van der Waals surface area contributed by atoms with Gasteiger partial charge in [0.15, 0.2) is 0 Å². The van der Waals surface area contributed by atoms with Crippen LogP contribution in [0.2, 0.25) is 0 Å². The van der Waals surface area contributed by atoms with Crippen molar-refractivity contribution < 1.29 is 23.8 Å². The average molecular weight is 379 g/mol. The summed E-state index contributed by atoms with van der Waals surface area (Å²) in [6.45, 7) is 0.257. The van der Waals surface area contributed by atoms with Crippen molar-refractivity contribution in [2.75, 3.05) is 21.3 Å². The highest BCUT2D eigenvalue weighted by Gasteiger charge is 2.15. The number of hydrogen-bond acceptors (Lipinski definition) is 5. The van der Waals surface area contributed by atoms with Crippen LogP contribution in [0.15, 0.2) is 54.6 Å². The van der Waals surface area contributed by atoms with Crippen LogP contribution in [0.4, 0.5) is 0 Å². The van der Waals surface area contributed by atoms with Crippen molar-refractivity contribution >= 4 is 22.6 Å². The third kappa shape index (κ3) is 3.76. The predicted molar refractivity (Wildman–Crippen MR) is 106 cm³/mol. The van der Waals surface area contributed by atoms with Crippen LogP contribution in [0, 0.1) is 0 Å². The highest BCUT2D eigenvalue weighted by Crippen LogP contribution is 2.28. The molecule has 6 heteroatoms. The summed E-state index contributed by atoms with van der Waals surface area (Å²) < 4.78 is 15.3. The van der Waals surface area contributed by atoms with Crippen molar-refractivity contribution in [2.45, 2.75) is 6.54 Å². The standard InChI is InChI=1S/C22H21NO5/c1-26-19-11-9-17(15-6-4-5-7-16(15)19)21(24)23-13-14-8-10-20(27-2)18(12-14)22(25)28-3/h4-12H,13H2,1-3H3,(H,23,24). The molecule has 0 aliphatic rings. The molecule has 0 saturated carbocycles. The van der Waals surface area contributed by atoms with Crippen molar-refractivity contribution in [3.05, 3.63) is 71.3 Å². The van der Waals surface area contributed by atoms with E-state index in [0.717, 1.165) is 16.3 Å². The predicted octanol–water partition coefficient (Wildman–Crippen LogP) is 3.57. The monoisotopic (exact) mass is 379 g/mol. The zero-order valence-electron chi connectivity index (χ0n) is 15.9. The molecule has 0 aliphatic carbocycles. The maximum Gasteiger partial charge on any atom is 0.341 e. The third-order valence-corrected chi connectivity index (χ3v) is 4.47. The van der Waals surface area contributed by atoms with Gasteiger partial charge in [0.25, 0.3) is 5.91 Å². The van der Waals surface area contributed by atoms with Crippen LogP contribution < -0.4 is 14.8 Å². The van der Waals surface area contributed by atoms with E-state index in [9.17, 15) is 9.59 Å². The van der Waals surface area contributed by atoms with E-state index in [1.165, 1.54) is 14.2 Å². The molecule has 0 heterocycles. The molecule has 0 aliphatic heterocycles. The smallest absolute Gasteiger partial charge is 0.341 e. The quantitative estimate of drug-likeness (QED) is 0.663. The number of hydrogen-bond donors (Lipinski definition) is 1. The molecule has 1 N–H and O–H groups in total. The minimum Gasteiger partial charge on any atom is -0.496 e. The first-order valence-corrected chi connectivity index (χ1v) is 8.68. The second-order valence-corrected chi connectivity index (χ2v) is 6.07. The first-order chi connectivity index (χ1) is 13.6. The molecule has 3 rings (SSSR count). The van der Waals surface area contributed by atoms with E-state index in [0.29, 0.717) is 22.6 Å². The molecule has 3 aromatic carbocycles. The van der Waals surface area contributed by atoms with Crippen LogP contribution in [0.5, 0.6) is 11.5 Å². The Labute approximate surface area is 163 Å². The van der Waals surface area contributed by atoms with Gasteiger partial charge in [-0.2, -0.15) is 0 Å². The fraction of sp³-hybridized carbons (Fsp3) is 0.182. The molecule has 0 atom stereocenters. The van der Waals surface area contributed by atoms with Crippen molar-refractivity contribution in [1.82, 2.24) is 5.32 Å². The maximum absolute atomic E-state index is 12.8. The second-order valence-electron chi connectivity index (χ2n) is 6.07. The first kappa shape index (κ1) is 19.2. The number of methoxy groups -OCH3 is 3. The van der Waals surface area contributed by atoms with Gasteiger partial charge in [0.2, 0.25) is 0 Å². The highest BCUT2D eigenvalue weighted by atomic mass is 16.5. The number of fused-ring (bicyclic) bond motifs is 1. The number of carbonyl (C=O) groups is 2. The number of amides is 1. The van der Waals surface area contributed by atoms with E-state index in [4.69, 9.17) is 14.2 Å². The van der Waals surface area contributed by atoms with Crippen LogP contribution in [-0.2, 0) is 11.3 Å². The average Bonchev–Trinajstić information content (AvgIpc) is 2.75. The Kier molecular flexibility index (Phi) is 5.79. The van der Waals surface area contributed by atoms with Gasteiger partial charge in [-0.1, -0.05) is 30.3 Å². The van der Waals surface area contributed by atoms with Crippen molar-refractivity contribution in [3.63, 3.8) is 0 Å². The van der Waals surface area contributed by atoms with Gasteiger partial charge in [-0.3, -0.25) is 4.79 Å². The normalized spacial score (nSPS) is 10.4. The minimum atomic E-state index is -0.494. The van der Waals surface area contributed by atoms with Crippen LogP contribution >= 0.6 is 0 Å². The second kappa shape index (κ2) is 8.43. The summed E-state index contributed by atoms with van der Waals surface area (Å²) >= 11 is 0. The van der Waals surface area contributed by atoms with Gasteiger partial charge in [-0.05, 0) is 35.2 Å². The fourth-order valence-corrected chi connectivity index (χ4v) is 3.06. The SMILES string of the molecule is COC(=O)c1cc(CNC(=O)c2ccc(OC)c3ccccc23)ccc1OC. The number of benzene rings is 3. The lowest BCUT2D eigenvalue weighted by Gasteiger charge is -2.12. The summed E-state index contributed by atoms with van der Waals surface area (Å²) in [6, 6.07) is 16.2. The van der Waals surface area contributed by atoms with Gasteiger partial charge in [0.05, 0.1) is 21.3 Å². The molecule has 0 aromatic heterocycles. The summed E-state index contributed by atoms with van der Waals surface area (Å²) in [5, 5.41) is 4.57. The van der Waals surface area contributed by atoms with E-state index in [1.54, 1.807) is 37.4 Å². The summed E-state index contributed by atoms with van der Waals surface area (Å²) in [6.07, 6.45) is 0. The zero-order valence-corrected chi connectivity index (χ0v) is 15.9. The summed E-state index contributed by atoms with van der Waals surface area (Å²) in [5.74, 6) is 0.425. The van der Waals surface area contributed by atoms with Gasteiger partial charge in [0, 0.05) is 17.5 Å². The molecule has 0 spiro atoms. The van der Waals surface area contributed by atoms with Crippen molar-refractivity contribution in [3.8, 4) is 11.5 Å². The summed E-state index contributed by atoms with van der Waals surface area (Å²) in [4.78, 5) is 24.7. The molecule has 0 radical (unpaired) electrons. The van der Waals surface area contributed by atoms with E-state index in [1.807, 2.05) is 24.3 Å². The Balaban J connectivity index is 1.83. The summed E-state index contributed by atoms with van der Waals surface area (Å²) in [5.41, 5.74) is 1.62.